The minimum Gasteiger partial charge on any atom is -0.488 e. The van der Waals surface area contributed by atoms with E-state index >= 15 is 0 Å². The molecule has 0 N–H and O–H groups in total. The number of nitrogens with zero attached hydrogens (tertiary/aromatic N) is 1. The van der Waals surface area contributed by atoms with Crippen LogP contribution in [0.15, 0.2) is 16.7 Å². The first-order valence-electron chi connectivity index (χ1n) is 3.57. The van der Waals surface area contributed by atoms with Crippen molar-refractivity contribution < 1.29 is 4.74 Å². The van der Waals surface area contributed by atoms with Crippen LogP contribution < -0.4 is 4.74 Å². The van der Waals surface area contributed by atoms with Gasteiger partial charge >= 0.3 is 0 Å². The van der Waals surface area contributed by atoms with Gasteiger partial charge in [0.05, 0.1) is 6.10 Å². The molecule has 1 aromatic rings. The van der Waals surface area contributed by atoms with Crippen molar-refractivity contribution in [3.8, 4) is 5.75 Å². The van der Waals surface area contributed by atoms with Crippen molar-refractivity contribution >= 4 is 27.5 Å². The van der Waals surface area contributed by atoms with Crippen LogP contribution in [0.25, 0.3) is 0 Å². The molecule has 12 heavy (non-hydrogen) atoms. The molecule has 0 amide bonds. The molecule has 1 aromatic heterocycles. The minimum absolute atomic E-state index is 0.110. The Hall–Kier alpha value is -0.280. The van der Waals surface area contributed by atoms with E-state index in [9.17, 15) is 0 Å². The zero-order chi connectivity index (χ0) is 9.14. The molecule has 0 aliphatic carbocycles. The van der Waals surface area contributed by atoms with Gasteiger partial charge in [0.15, 0.2) is 10.9 Å². The lowest BCUT2D eigenvalue weighted by Crippen LogP contribution is -2.06. The van der Waals surface area contributed by atoms with Gasteiger partial charge in [-0.1, -0.05) is 11.6 Å². The highest BCUT2D eigenvalue weighted by Gasteiger charge is 2.04. The molecular weight excluding hydrogens is 241 g/mol. The predicted molar refractivity (Wildman–Crippen MR) is 52.7 cm³/mol. The van der Waals surface area contributed by atoms with Crippen molar-refractivity contribution in [3.63, 3.8) is 0 Å². The molecule has 4 heteroatoms. The number of hydrogen-bond acceptors (Lipinski definition) is 2. The lowest BCUT2D eigenvalue weighted by molar-refractivity contribution is 0.241. The van der Waals surface area contributed by atoms with Crippen molar-refractivity contribution in [1.82, 2.24) is 4.98 Å². The van der Waals surface area contributed by atoms with Crippen LogP contribution in [0.2, 0.25) is 5.15 Å². The summed E-state index contributed by atoms with van der Waals surface area (Å²) in [7, 11) is 0. The second kappa shape index (κ2) is 4.10. The van der Waals surface area contributed by atoms with Crippen molar-refractivity contribution in [2.24, 2.45) is 0 Å². The standard InChI is InChI=1S/C8H9BrClNO/c1-5(2)12-7-3-6(9)4-11-8(7)10/h3-5H,1-2H3. The van der Waals surface area contributed by atoms with Crippen molar-refractivity contribution in [2.45, 2.75) is 20.0 Å². The van der Waals surface area contributed by atoms with Gasteiger partial charge in [0.1, 0.15) is 0 Å². The third-order valence-electron chi connectivity index (χ3n) is 1.14. The van der Waals surface area contributed by atoms with E-state index < -0.39 is 0 Å². The van der Waals surface area contributed by atoms with Gasteiger partial charge in [-0.2, -0.15) is 0 Å². The van der Waals surface area contributed by atoms with Gasteiger partial charge in [0.25, 0.3) is 0 Å². The van der Waals surface area contributed by atoms with Crippen LogP contribution in [0, 0.1) is 0 Å². The van der Waals surface area contributed by atoms with Gasteiger partial charge in [-0.3, -0.25) is 0 Å². The summed E-state index contributed by atoms with van der Waals surface area (Å²) in [5.41, 5.74) is 0. The third kappa shape index (κ3) is 2.64. The van der Waals surface area contributed by atoms with E-state index in [0.717, 1.165) is 4.47 Å². The Morgan fingerprint density at radius 2 is 2.25 bits per heavy atom. The minimum atomic E-state index is 0.110. The summed E-state index contributed by atoms with van der Waals surface area (Å²) in [5, 5.41) is 0.395. The zero-order valence-corrected chi connectivity index (χ0v) is 9.19. The average Bonchev–Trinajstić information content (AvgIpc) is 1.96. The van der Waals surface area contributed by atoms with Crippen molar-refractivity contribution in [3.05, 3.63) is 21.9 Å². The first kappa shape index (κ1) is 9.81. The Kier molecular flexibility index (Phi) is 3.35. The van der Waals surface area contributed by atoms with E-state index in [0.29, 0.717) is 10.9 Å². The molecule has 0 unspecified atom stereocenters. The highest BCUT2D eigenvalue weighted by atomic mass is 79.9. The molecule has 0 spiro atoms. The van der Waals surface area contributed by atoms with Crippen LogP contribution in [0.3, 0.4) is 0 Å². The summed E-state index contributed by atoms with van der Waals surface area (Å²) in [6, 6.07) is 1.80. The summed E-state index contributed by atoms with van der Waals surface area (Å²) >= 11 is 9.07. The van der Waals surface area contributed by atoms with Crippen LogP contribution in [0.4, 0.5) is 0 Å². The fourth-order valence-corrected chi connectivity index (χ4v) is 1.20. The molecule has 1 heterocycles. The Bertz CT molecular complexity index is 278. The number of pyridine rings is 1. The van der Waals surface area contributed by atoms with Gasteiger partial charge in [0, 0.05) is 10.7 Å². The number of rotatable bonds is 2. The maximum Gasteiger partial charge on any atom is 0.171 e. The second-order valence-electron chi connectivity index (χ2n) is 2.61. The largest absolute Gasteiger partial charge is 0.488 e. The Morgan fingerprint density at radius 3 is 2.83 bits per heavy atom. The lowest BCUT2D eigenvalue weighted by Gasteiger charge is -2.10. The van der Waals surface area contributed by atoms with Crippen molar-refractivity contribution in [1.29, 1.82) is 0 Å². The SMILES string of the molecule is CC(C)Oc1cc(Br)cnc1Cl. The van der Waals surface area contributed by atoms with Crippen molar-refractivity contribution in [2.75, 3.05) is 0 Å². The molecule has 0 bridgehead atoms. The van der Waals surface area contributed by atoms with E-state index in [1.54, 1.807) is 12.3 Å². The molecule has 0 aromatic carbocycles. The first-order valence-corrected chi connectivity index (χ1v) is 4.74. The number of halogens is 2. The highest BCUT2D eigenvalue weighted by molar-refractivity contribution is 9.10. The maximum atomic E-state index is 5.78. The Labute approximate surface area is 85.0 Å². The summed E-state index contributed by atoms with van der Waals surface area (Å²) < 4.78 is 6.26. The molecule has 2 nitrogen and oxygen atoms in total. The van der Waals surface area contributed by atoms with E-state index in [-0.39, 0.29) is 6.10 Å². The number of aromatic nitrogens is 1. The topological polar surface area (TPSA) is 22.1 Å². The smallest absolute Gasteiger partial charge is 0.171 e. The summed E-state index contributed by atoms with van der Waals surface area (Å²) in [5.74, 6) is 0.612. The van der Waals surface area contributed by atoms with E-state index in [1.165, 1.54) is 0 Å². The Balaban J connectivity index is 2.90. The van der Waals surface area contributed by atoms with Crippen LogP contribution in [-0.2, 0) is 0 Å². The predicted octanol–water partition coefficient (Wildman–Crippen LogP) is 3.28. The summed E-state index contributed by atoms with van der Waals surface area (Å²) in [6.45, 7) is 3.88. The monoisotopic (exact) mass is 249 g/mol. The molecule has 0 radical (unpaired) electrons. The Morgan fingerprint density at radius 1 is 1.58 bits per heavy atom. The zero-order valence-electron chi connectivity index (χ0n) is 6.84. The van der Waals surface area contributed by atoms with Crippen LogP contribution in [0.1, 0.15) is 13.8 Å². The lowest BCUT2D eigenvalue weighted by atomic mass is 10.4. The van der Waals surface area contributed by atoms with Crippen LogP contribution in [-0.4, -0.2) is 11.1 Å². The molecular formula is C8H9BrClNO. The molecule has 0 aliphatic heterocycles. The van der Waals surface area contributed by atoms with E-state index in [4.69, 9.17) is 16.3 Å². The molecule has 0 atom stereocenters. The molecule has 0 saturated carbocycles. The second-order valence-corrected chi connectivity index (χ2v) is 3.88. The molecule has 0 saturated heterocycles. The van der Waals surface area contributed by atoms with Gasteiger partial charge in [-0.25, -0.2) is 4.98 Å². The first-order chi connectivity index (χ1) is 5.59. The maximum absolute atomic E-state index is 5.78. The van der Waals surface area contributed by atoms with Gasteiger partial charge in [0.2, 0.25) is 0 Å². The fourth-order valence-electron chi connectivity index (χ4n) is 0.741. The third-order valence-corrected chi connectivity index (χ3v) is 1.85. The molecule has 0 aliphatic rings. The van der Waals surface area contributed by atoms with Crippen LogP contribution in [0.5, 0.6) is 5.75 Å². The molecule has 0 fully saturated rings. The summed E-state index contributed by atoms with van der Waals surface area (Å²) in [4.78, 5) is 3.93. The quantitative estimate of drug-likeness (QED) is 0.752. The molecule has 1 rings (SSSR count). The fraction of sp³-hybridized carbons (Fsp3) is 0.375. The van der Waals surface area contributed by atoms with E-state index in [1.807, 2.05) is 13.8 Å². The van der Waals surface area contributed by atoms with Gasteiger partial charge in [-0.05, 0) is 35.8 Å². The highest BCUT2D eigenvalue weighted by Crippen LogP contribution is 2.25. The number of hydrogen-bond donors (Lipinski definition) is 0. The van der Waals surface area contributed by atoms with Gasteiger partial charge in [-0.15, -0.1) is 0 Å². The average molecular weight is 251 g/mol. The van der Waals surface area contributed by atoms with Gasteiger partial charge < -0.3 is 4.74 Å². The number of ether oxygens (including phenoxy) is 1. The van der Waals surface area contributed by atoms with Crippen LogP contribution >= 0.6 is 27.5 Å². The summed E-state index contributed by atoms with van der Waals surface area (Å²) in [6.07, 6.45) is 1.74. The molecule has 66 valence electrons. The van der Waals surface area contributed by atoms with E-state index in [2.05, 4.69) is 20.9 Å². The normalized spacial score (nSPS) is 10.4.